The van der Waals surface area contributed by atoms with Crippen LogP contribution >= 0.6 is 0 Å². The van der Waals surface area contributed by atoms with Crippen LogP contribution in [0.2, 0.25) is 0 Å². The average Bonchev–Trinajstić information content (AvgIpc) is 2.91. The predicted octanol–water partition coefficient (Wildman–Crippen LogP) is 2.17. The van der Waals surface area contributed by atoms with E-state index >= 15 is 0 Å². The van der Waals surface area contributed by atoms with E-state index in [-0.39, 0.29) is 12.1 Å². The van der Waals surface area contributed by atoms with Gasteiger partial charge in [-0.2, -0.15) is 0 Å². The van der Waals surface area contributed by atoms with Crippen molar-refractivity contribution in [2.24, 2.45) is 4.99 Å². The number of fused-ring (bicyclic) bond motifs is 1. The van der Waals surface area contributed by atoms with Gasteiger partial charge in [0, 0.05) is 26.2 Å². The van der Waals surface area contributed by atoms with Crippen molar-refractivity contribution in [1.29, 1.82) is 0 Å². The number of hydrogen-bond donors (Lipinski definition) is 2. The molecule has 9 nitrogen and oxygen atoms in total. The Bertz CT molecular complexity index is 648. The molecule has 2 aliphatic rings. The molecule has 1 atom stereocenters. The monoisotopic (exact) mass is 411 g/mol. The van der Waals surface area contributed by atoms with E-state index in [1.165, 1.54) is 0 Å². The lowest BCUT2D eigenvalue weighted by Crippen LogP contribution is -2.59. The first-order valence-electron chi connectivity index (χ1n) is 10.2. The normalized spacial score (nSPS) is 20.0. The number of amides is 2. The molecule has 0 bridgehead atoms. The highest BCUT2D eigenvalue weighted by molar-refractivity contribution is 5.82. The van der Waals surface area contributed by atoms with Crippen molar-refractivity contribution in [1.82, 2.24) is 20.4 Å². The van der Waals surface area contributed by atoms with E-state index in [0.717, 1.165) is 5.96 Å². The maximum absolute atomic E-state index is 12.3. The second-order valence-corrected chi connectivity index (χ2v) is 10.3. The Kier molecular flexibility index (Phi) is 6.59. The molecule has 1 fully saturated rings. The van der Waals surface area contributed by atoms with Crippen LogP contribution in [-0.2, 0) is 9.47 Å². The highest BCUT2D eigenvalue weighted by atomic mass is 16.6. The van der Waals surface area contributed by atoms with Crippen LogP contribution in [0.25, 0.3) is 0 Å². The van der Waals surface area contributed by atoms with Gasteiger partial charge in [-0.3, -0.25) is 4.99 Å². The van der Waals surface area contributed by atoms with E-state index in [2.05, 4.69) is 20.5 Å². The van der Waals surface area contributed by atoms with Crippen LogP contribution in [-0.4, -0.2) is 83.5 Å². The summed E-state index contributed by atoms with van der Waals surface area (Å²) in [6.45, 7) is 18.0. The number of rotatable bonds is 3. The second kappa shape index (κ2) is 8.28. The Balaban J connectivity index is 1.83. The largest absolute Gasteiger partial charge is 0.444 e. The molecule has 166 valence electrons. The molecule has 0 radical (unpaired) electrons. The zero-order valence-corrected chi connectivity index (χ0v) is 19.1. The number of piperazine rings is 1. The van der Waals surface area contributed by atoms with Gasteiger partial charge in [-0.15, -0.1) is 0 Å². The molecule has 0 aromatic carbocycles. The molecule has 1 saturated heterocycles. The number of guanidine groups is 1. The fraction of sp³-hybridized carbons (Fsp3) is 0.850. The lowest BCUT2D eigenvalue weighted by Gasteiger charge is -2.39. The number of nitrogens with zero attached hydrogens (tertiary/aromatic N) is 3. The number of carbonyl (C=O) groups is 2. The molecule has 2 amide bonds. The van der Waals surface area contributed by atoms with Crippen LogP contribution in [0.1, 0.15) is 55.4 Å². The number of nitrogens with one attached hydrogen (secondary N) is 2. The molecule has 0 spiro atoms. The maximum Gasteiger partial charge on any atom is 0.410 e. The topological polar surface area (TPSA) is 95.5 Å². The first kappa shape index (κ1) is 23.1. The van der Waals surface area contributed by atoms with Gasteiger partial charge in [0.15, 0.2) is 5.96 Å². The zero-order valence-electron chi connectivity index (χ0n) is 19.1. The minimum Gasteiger partial charge on any atom is -0.444 e. The molecule has 0 aromatic rings. The second-order valence-electron chi connectivity index (χ2n) is 10.3. The summed E-state index contributed by atoms with van der Waals surface area (Å²) in [5.41, 5.74) is -1.55. The van der Waals surface area contributed by atoms with Crippen molar-refractivity contribution in [3.05, 3.63) is 0 Å². The summed E-state index contributed by atoms with van der Waals surface area (Å²) in [4.78, 5) is 32.9. The predicted molar refractivity (Wildman–Crippen MR) is 112 cm³/mol. The Labute approximate surface area is 174 Å². The van der Waals surface area contributed by atoms with Gasteiger partial charge in [-0.05, 0) is 55.4 Å². The van der Waals surface area contributed by atoms with Crippen LogP contribution < -0.4 is 10.6 Å². The summed E-state index contributed by atoms with van der Waals surface area (Å²) in [5, 5.41) is 6.23. The van der Waals surface area contributed by atoms with Crippen LogP contribution in [0.4, 0.5) is 9.59 Å². The summed E-state index contributed by atoms with van der Waals surface area (Å²) >= 11 is 0. The molecule has 2 aliphatic heterocycles. The van der Waals surface area contributed by atoms with E-state index in [0.29, 0.717) is 32.7 Å². The molecular formula is C20H37N5O4. The molecule has 0 saturated carbocycles. The van der Waals surface area contributed by atoms with Crippen LogP contribution in [0, 0.1) is 0 Å². The fourth-order valence-electron chi connectivity index (χ4n) is 3.15. The SMILES string of the molecule is CC(C)(CNC1=NCC2CN(C(=O)OC(C)(C)C)CCN12)NC(=O)OC(C)(C)C. The minimum absolute atomic E-state index is 0.140. The van der Waals surface area contributed by atoms with E-state index in [1.54, 1.807) is 4.90 Å². The summed E-state index contributed by atoms with van der Waals surface area (Å²) in [7, 11) is 0. The van der Waals surface area contributed by atoms with Gasteiger partial charge in [0.25, 0.3) is 0 Å². The van der Waals surface area contributed by atoms with Gasteiger partial charge in [-0.1, -0.05) is 0 Å². The molecule has 2 heterocycles. The summed E-state index contributed by atoms with van der Waals surface area (Å²) in [5.74, 6) is 0.804. The van der Waals surface area contributed by atoms with Gasteiger partial charge in [0.05, 0.1) is 18.1 Å². The minimum atomic E-state index is -0.538. The summed E-state index contributed by atoms with van der Waals surface area (Å²) in [6.07, 6.45) is -0.720. The Morgan fingerprint density at radius 1 is 1.03 bits per heavy atom. The van der Waals surface area contributed by atoms with Crippen LogP contribution in [0.15, 0.2) is 4.99 Å². The van der Waals surface area contributed by atoms with E-state index in [9.17, 15) is 9.59 Å². The average molecular weight is 412 g/mol. The first-order valence-corrected chi connectivity index (χ1v) is 10.2. The van der Waals surface area contributed by atoms with Crippen molar-refractivity contribution < 1.29 is 19.1 Å². The van der Waals surface area contributed by atoms with Crippen molar-refractivity contribution in [2.45, 2.75) is 78.2 Å². The molecule has 1 unspecified atom stereocenters. The lowest BCUT2D eigenvalue weighted by molar-refractivity contribution is 0.0137. The van der Waals surface area contributed by atoms with E-state index in [4.69, 9.17) is 9.47 Å². The van der Waals surface area contributed by atoms with Crippen LogP contribution in [0.5, 0.6) is 0 Å². The third kappa shape index (κ3) is 7.29. The highest BCUT2D eigenvalue weighted by Gasteiger charge is 2.37. The molecule has 29 heavy (non-hydrogen) atoms. The quantitative estimate of drug-likeness (QED) is 0.739. The van der Waals surface area contributed by atoms with Gasteiger partial charge in [-0.25, -0.2) is 9.59 Å². The number of ether oxygens (including phenoxy) is 2. The van der Waals surface area contributed by atoms with Crippen molar-refractivity contribution in [2.75, 3.05) is 32.7 Å². The van der Waals surface area contributed by atoms with Crippen molar-refractivity contribution in [3.63, 3.8) is 0 Å². The molecule has 0 aliphatic carbocycles. The Morgan fingerprint density at radius 3 is 2.24 bits per heavy atom. The number of alkyl carbamates (subject to hydrolysis) is 1. The fourth-order valence-corrected chi connectivity index (χ4v) is 3.15. The third-order valence-electron chi connectivity index (χ3n) is 4.39. The Hall–Kier alpha value is -2.19. The molecule has 0 aromatic heterocycles. The zero-order chi connectivity index (χ0) is 22.0. The van der Waals surface area contributed by atoms with Crippen molar-refractivity contribution in [3.8, 4) is 0 Å². The first-order chi connectivity index (χ1) is 13.2. The summed E-state index contributed by atoms with van der Waals surface area (Å²) < 4.78 is 10.8. The number of hydrogen-bond acceptors (Lipinski definition) is 7. The highest BCUT2D eigenvalue weighted by Crippen LogP contribution is 2.19. The number of carbonyl (C=O) groups excluding carboxylic acids is 2. The third-order valence-corrected chi connectivity index (χ3v) is 4.39. The lowest BCUT2D eigenvalue weighted by atomic mass is 10.1. The van der Waals surface area contributed by atoms with E-state index in [1.807, 2.05) is 55.4 Å². The number of aliphatic imine (C=N–C) groups is 1. The molecule has 9 heteroatoms. The molecule has 2 rings (SSSR count). The molecule has 2 N–H and O–H groups in total. The maximum atomic E-state index is 12.3. The van der Waals surface area contributed by atoms with Gasteiger partial charge in [0.1, 0.15) is 11.2 Å². The molecular weight excluding hydrogens is 374 g/mol. The van der Waals surface area contributed by atoms with Crippen LogP contribution in [0.3, 0.4) is 0 Å². The van der Waals surface area contributed by atoms with Gasteiger partial charge < -0.3 is 29.9 Å². The van der Waals surface area contributed by atoms with Gasteiger partial charge in [0.2, 0.25) is 0 Å². The van der Waals surface area contributed by atoms with Crippen molar-refractivity contribution >= 4 is 18.1 Å². The van der Waals surface area contributed by atoms with E-state index < -0.39 is 22.8 Å². The van der Waals surface area contributed by atoms with Gasteiger partial charge >= 0.3 is 12.2 Å². The summed E-state index contributed by atoms with van der Waals surface area (Å²) in [6, 6.07) is 0.140. The Morgan fingerprint density at radius 2 is 1.66 bits per heavy atom. The smallest absolute Gasteiger partial charge is 0.410 e. The standard InChI is InChI=1S/C20H37N5O4/c1-18(2,3)28-16(26)23-20(7,8)13-22-15-21-11-14-12-24(9-10-25(14)15)17(27)29-19(4,5)6/h14H,9-13H2,1-8H3,(H,21,22)(H,23,26).